The summed E-state index contributed by atoms with van der Waals surface area (Å²) < 4.78 is 10.7. The monoisotopic (exact) mass is 307 g/mol. The highest BCUT2D eigenvalue weighted by atomic mass is 16.5. The van der Waals surface area contributed by atoms with E-state index in [9.17, 15) is 9.59 Å². The molecule has 1 aromatic heterocycles. The molecule has 120 valence electrons. The summed E-state index contributed by atoms with van der Waals surface area (Å²) >= 11 is 0. The lowest BCUT2D eigenvalue weighted by Crippen LogP contribution is -2.44. The number of H-pyrrole nitrogens is 1. The Kier molecular flexibility index (Phi) is 3.52. The van der Waals surface area contributed by atoms with E-state index in [1.807, 2.05) is 4.90 Å². The second-order valence-electron chi connectivity index (χ2n) is 6.69. The summed E-state index contributed by atoms with van der Waals surface area (Å²) in [7, 11) is 0. The van der Waals surface area contributed by atoms with Gasteiger partial charge in [-0.3, -0.25) is 4.79 Å². The lowest BCUT2D eigenvalue weighted by atomic mass is 9.79. The molecule has 3 fully saturated rings. The van der Waals surface area contributed by atoms with Crippen molar-refractivity contribution in [1.82, 2.24) is 15.1 Å². The molecule has 22 heavy (non-hydrogen) atoms. The maximum absolute atomic E-state index is 12.8. The highest BCUT2D eigenvalue weighted by Gasteiger charge is 2.42. The fourth-order valence-corrected chi connectivity index (χ4v) is 4.14. The maximum Gasteiger partial charge on any atom is 0.434 e. The normalized spacial score (nSPS) is 32.4. The Labute approximate surface area is 128 Å². The molecule has 1 N–H and O–H groups in total. The zero-order valence-corrected chi connectivity index (χ0v) is 12.5. The van der Waals surface area contributed by atoms with Crippen LogP contribution in [0.2, 0.25) is 0 Å². The molecule has 3 atom stereocenters. The Bertz CT molecular complexity index is 602. The third-order valence-electron chi connectivity index (χ3n) is 5.41. The lowest BCUT2D eigenvalue weighted by Gasteiger charge is -2.35. The second-order valence-corrected chi connectivity index (χ2v) is 6.69. The first kappa shape index (κ1) is 14.0. The summed E-state index contributed by atoms with van der Waals surface area (Å²) in [4.78, 5) is 25.8. The molecule has 2 aliphatic heterocycles. The lowest BCUT2D eigenvalue weighted by molar-refractivity contribution is -0.139. The van der Waals surface area contributed by atoms with Crippen molar-refractivity contribution in [2.75, 3.05) is 19.7 Å². The Morgan fingerprint density at radius 2 is 2.05 bits per heavy atom. The molecule has 3 aliphatic rings. The molecule has 1 saturated carbocycles. The smallest absolute Gasteiger partial charge is 0.392 e. The Morgan fingerprint density at radius 1 is 1.23 bits per heavy atom. The van der Waals surface area contributed by atoms with E-state index in [0.717, 1.165) is 38.7 Å². The van der Waals surface area contributed by atoms with Gasteiger partial charge in [0.1, 0.15) is 0 Å². The summed E-state index contributed by atoms with van der Waals surface area (Å²) in [5.41, 5.74) is 0. The van der Waals surface area contributed by atoms with Crippen molar-refractivity contribution in [3.8, 4) is 0 Å². The minimum atomic E-state index is -0.508. The van der Waals surface area contributed by atoms with Crippen molar-refractivity contribution >= 4 is 5.91 Å². The molecule has 7 heteroatoms. The second kappa shape index (κ2) is 5.53. The van der Waals surface area contributed by atoms with E-state index in [-0.39, 0.29) is 17.7 Å². The first-order chi connectivity index (χ1) is 10.7. The molecule has 1 aliphatic carbocycles. The van der Waals surface area contributed by atoms with Crippen molar-refractivity contribution in [3.05, 3.63) is 16.4 Å². The number of rotatable bonds is 2. The number of carbonyl (C=O) groups is 1. The van der Waals surface area contributed by atoms with Gasteiger partial charge in [-0.05, 0) is 38.0 Å². The molecule has 2 bridgehead atoms. The topological polar surface area (TPSA) is 88.4 Å². The molecule has 0 unspecified atom stereocenters. The SMILES string of the molecule is O=C([C@@H]1CC[C@H]2C[C@@H]1CO2)N1CCC(c2n[nH]c(=O)o2)CC1. The van der Waals surface area contributed by atoms with E-state index in [1.165, 1.54) is 0 Å². The first-order valence-corrected chi connectivity index (χ1v) is 8.16. The number of carbonyl (C=O) groups excluding carboxylic acids is 1. The van der Waals surface area contributed by atoms with Gasteiger partial charge in [-0.1, -0.05) is 0 Å². The van der Waals surface area contributed by atoms with Gasteiger partial charge in [0, 0.05) is 24.9 Å². The summed E-state index contributed by atoms with van der Waals surface area (Å²) in [5.74, 6) is 0.935. The van der Waals surface area contributed by atoms with Crippen LogP contribution in [0.3, 0.4) is 0 Å². The number of aromatic nitrogens is 2. The molecule has 4 rings (SSSR count). The fourth-order valence-electron chi connectivity index (χ4n) is 4.14. The van der Waals surface area contributed by atoms with Crippen LogP contribution in [0.15, 0.2) is 9.21 Å². The summed E-state index contributed by atoms with van der Waals surface area (Å²) in [5, 5.41) is 6.21. The van der Waals surface area contributed by atoms with Crippen LogP contribution in [0.4, 0.5) is 0 Å². The molecule has 1 amide bonds. The van der Waals surface area contributed by atoms with E-state index >= 15 is 0 Å². The van der Waals surface area contributed by atoms with Crippen LogP contribution in [0.1, 0.15) is 43.9 Å². The Hall–Kier alpha value is -1.63. The third-order valence-corrected chi connectivity index (χ3v) is 5.41. The van der Waals surface area contributed by atoms with Crippen LogP contribution < -0.4 is 5.76 Å². The highest BCUT2D eigenvalue weighted by molar-refractivity contribution is 5.79. The largest absolute Gasteiger partial charge is 0.434 e. The average molecular weight is 307 g/mol. The fraction of sp³-hybridized carbons (Fsp3) is 0.800. The van der Waals surface area contributed by atoms with Crippen molar-refractivity contribution in [2.45, 2.75) is 44.1 Å². The van der Waals surface area contributed by atoms with Gasteiger partial charge < -0.3 is 14.1 Å². The van der Waals surface area contributed by atoms with Crippen LogP contribution >= 0.6 is 0 Å². The number of ether oxygens (including phenoxy) is 1. The van der Waals surface area contributed by atoms with Gasteiger partial charge in [0.15, 0.2) is 0 Å². The Morgan fingerprint density at radius 3 is 2.77 bits per heavy atom. The number of amides is 1. The third kappa shape index (κ3) is 2.47. The number of hydrogen-bond acceptors (Lipinski definition) is 5. The number of nitrogens with one attached hydrogen (secondary N) is 1. The number of nitrogens with zero attached hydrogens (tertiary/aromatic N) is 2. The molecule has 2 saturated heterocycles. The zero-order valence-electron chi connectivity index (χ0n) is 12.5. The van der Waals surface area contributed by atoms with Crippen LogP contribution in [0.25, 0.3) is 0 Å². The van der Waals surface area contributed by atoms with E-state index in [0.29, 0.717) is 31.0 Å². The van der Waals surface area contributed by atoms with Gasteiger partial charge >= 0.3 is 5.76 Å². The average Bonchev–Trinajstić information content (AvgIpc) is 3.14. The number of likely N-dealkylation sites (tertiary alicyclic amines) is 1. The molecule has 0 radical (unpaired) electrons. The number of aromatic amines is 1. The van der Waals surface area contributed by atoms with Gasteiger partial charge in [-0.15, -0.1) is 5.10 Å². The summed E-state index contributed by atoms with van der Waals surface area (Å²) in [6.07, 6.45) is 5.02. The van der Waals surface area contributed by atoms with Crippen LogP contribution in [0, 0.1) is 11.8 Å². The molecule has 0 spiro atoms. The zero-order chi connectivity index (χ0) is 15.1. The van der Waals surface area contributed by atoms with E-state index < -0.39 is 5.76 Å². The number of hydrogen-bond donors (Lipinski definition) is 1. The molecule has 1 aromatic rings. The van der Waals surface area contributed by atoms with Crippen molar-refractivity contribution < 1.29 is 13.9 Å². The van der Waals surface area contributed by atoms with Crippen molar-refractivity contribution in [2.24, 2.45) is 11.8 Å². The van der Waals surface area contributed by atoms with Crippen molar-refractivity contribution in [1.29, 1.82) is 0 Å². The predicted molar refractivity (Wildman–Crippen MR) is 76.2 cm³/mol. The quantitative estimate of drug-likeness (QED) is 0.876. The molecule has 3 heterocycles. The predicted octanol–water partition coefficient (Wildman–Crippen LogP) is 0.884. The van der Waals surface area contributed by atoms with Gasteiger partial charge in [0.2, 0.25) is 11.8 Å². The standard InChI is InChI=1S/C15H21N3O4/c19-14(12-2-1-11-7-10(12)8-21-11)18-5-3-9(4-6-18)13-16-17-15(20)22-13/h9-12H,1-8H2,(H,17,20)/t10-,11+,12-/m1/s1. The van der Waals surface area contributed by atoms with E-state index in [4.69, 9.17) is 9.15 Å². The highest BCUT2D eigenvalue weighted by Crippen LogP contribution is 2.39. The van der Waals surface area contributed by atoms with Crippen molar-refractivity contribution in [3.63, 3.8) is 0 Å². The van der Waals surface area contributed by atoms with Crippen LogP contribution in [-0.4, -0.2) is 46.8 Å². The van der Waals surface area contributed by atoms with E-state index in [2.05, 4.69) is 10.2 Å². The molecular weight excluding hydrogens is 286 g/mol. The van der Waals surface area contributed by atoms with Gasteiger partial charge in [0.25, 0.3) is 0 Å². The number of piperidine rings is 1. The molecule has 0 aromatic carbocycles. The molecular formula is C15H21N3O4. The summed E-state index contributed by atoms with van der Waals surface area (Å²) in [6, 6.07) is 0. The van der Waals surface area contributed by atoms with Gasteiger partial charge in [0.05, 0.1) is 12.7 Å². The molecule has 7 nitrogen and oxygen atoms in total. The van der Waals surface area contributed by atoms with Crippen LogP contribution in [-0.2, 0) is 9.53 Å². The van der Waals surface area contributed by atoms with E-state index in [1.54, 1.807) is 0 Å². The Balaban J connectivity index is 1.37. The minimum Gasteiger partial charge on any atom is -0.392 e. The van der Waals surface area contributed by atoms with Gasteiger partial charge in [-0.2, -0.15) is 0 Å². The minimum absolute atomic E-state index is 0.133. The van der Waals surface area contributed by atoms with Gasteiger partial charge in [-0.25, -0.2) is 9.89 Å². The number of fused-ring (bicyclic) bond motifs is 2. The first-order valence-electron chi connectivity index (χ1n) is 8.16. The van der Waals surface area contributed by atoms with Crippen LogP contribution in [0.5, 0.6) is 0 Å². The maximum atomic E-state index is 12.8. The summed E-state index contributed by atoms with van der Waals surface area (Å²) in [6.45, 7) is 2.18.